The first-order valence-electron chi connectivity index (χ1n) is 8.39. The van der Waals surface area contributed by atoms with Crippen molar-refractivity contribution in [2.45, 2.75) is 11.5 Å². The molecule has 0 aliphatic rings. The zero-order chi connectivity index (χ0) is 20.0. The molecular formula is C22H16ClNO3S. The summed E-state index contributed by atoms with van der Waals surface area (Å²) in [5, 5.41) is 10.1. The van der Waals surface area contributed by atoms with Crippen molar-refractivity contribution in [1.82, 2.24) is 0 Å². The molecule has 3 aromatic carbocycles. The molecule has 6 heteroatoms. The lowest BCUT2D eigenvalue weighted by molar-refractivity contribution is 0.305. The first kappa shape index (κ1) is 19.7. The molecule has 3 rings (SSSR count). The zero-order valence-electron chi connectivity index (χ0n) is 14.7. The Kier molecular flexibility index (Phi) is 6.15. The third-order valence-corrected chi connectivity index (χ3v) is 5.90. The summed E-state index contributed by atoms with van der Waals surface area (Å²) in [6.07, 6.45) is 1.33. The van der Waals surface area contributed by atoms with E-state index < -0.39 is 9.84 Å². The Labute approximate surface area is 169 Å². The number of allylic oxidation sites excluding steroid dienone is 1. The van der Waals surface area contributed by atoms with Gasteiger partial charge in [0.1, 0.15) is 23.3 Å². The fourth-order valence-corrected chi connectivity index (χ4v) is 3.81. The second-order valence-electron chi connectivity index (χ2n) is 5.89. The van der Waals surface area contributed by atoms with Crippen LogP contribution in [0.5, 0.6) is 5.75 Å². The normalized spacial score (nSPS) is 11.6. The van der Waals surface area contributed by atoms with Crippen molar-refractivity contribution in [3.63, 3.8) is 0 Å². The van der Waals surface area contributed by atoms with Crippen LogP contribution in [-0.2, 0) is 16.4 Å². The highest BCUT2D eigenvalue weighted by Crippen LogP contribution is 2.26. The van der Waals surface area contributed by atoms with E-state index in [-0.39, 0.29) is 16.4 Å². The van der Waals surface area contributed by atoms with Gasteiger partial charge in [0.05, 0.1) is 4.90 Å². The molecule has 140 valence electrons. The van der Waals surface area contributed by atoms with Crippen LogP contribution >= 0.6 is 11.6 Å². The minimum atomic E-state index is -3.91. The van der Waals surface area contributed by atoms with Crippen molar-refractivity contribution in [3.8, 4) is 11.8 Å². The van der Waals surface area contributed by atoms with Crippen LogP contribution in [0.15, 0.2) is 88.7 Å². The largest absolute Gasteiger partial charge is 0.488 e. The van der Waals surface area contributed by atoms with Gasteiger partial charge in [0.2, 0.25) is 9.84 Å². The summed E-state index contributed by atoms with van der Waals surface area (Å²) >= 11 is 5.88. The monoisotopic (exact) mass is 409 g/mol. The molecule has 0 radical (unpaired) electrons. The van der Waals surface area contributed by atoms with Crippen molar-refractivity contribution in [2.24, 2.45) is 0 Å². The highest BCUT2D eigenvalue weighted by Gasteiger charge is 2.21. The summed E-state index contributed by atoms with van der Waals surface area (Å²) < 4.78 is 31.3. The minimum absolute atomic E-state index is 0.0716. The maximum Gasteiger partial charge on any atom is 0.216 e. The van der Waals surface area contributed by atoms with Gasteiger partial charge >= 0.3 is 0 Å². The summed E-state index contributed by atoms with van der Waals surface area (Å²) in [4.78, 5) is -0.274. The molecule has 0 aliphatic carbocycles. The van der Waals surface area contributed by atoms with Gasteiger partial charge < -0.3 is 4.74 Å². The number of benzene rings is 3. The summed E-state index contributed by atoms with van der Waals surface area (Å²) in [6.45, 7) is 0.287. The third-order valence-electron chi connectivity index (χ3n) is 3.97. The first-order valence-corrected chi connectivity index (χ1v) is 10.2. The predicted octanol–water partition coefficient (Wildman–Crippen LogP) is 5.26. The Bertz CT molecular complexity index is 1130. The van der Waals surface area contributed by atoms with Gasteiger partial charge in [-0.25, -0.2) is 8.42 Å². The molecular weight excluding hydrogens is 394 g/mol. The van der Waals surface area contributed by atoms with E-state index in [4.69, 9.17) is 16.3 Å². The topological polar surface area (TPSA) is 67.2 Å². The number of halogens is 1. The lowest BCUT2D eigenvalue weighted by atomic mass is 10.2. The van der Waals surface area contributed by atoms with Crippen molar-refractivity contribution < 1.29 is 13.2 Å². The fraction of sp³-hybridized carbons (Fsp3) is 0.0455. The zero-order valence-corrected chi connectivity index (χ0v) is 16.3. The van der Waals surface area contributed by atoms with Crippen LogP contribution in [0.2, 0.25) is 5.02 Å². The SMILES string of the molecule is N#C/C(=C\c1ccccc1OCc1ccc(Cl)cc1)S(=O)(=O)c1ccccc1. The van der Waals surface area contributed by atoms with Crippen LogP contribution in [0.25, 0.3) is 6.08 Å². The van der Waals surface area contributed by atoms with Gasteiger partial charge in [-0.2, -0.15) is 5.26 Å². The van der Waals surface area contributed by atoms with E-state index in [1.165, 1.54) is 18.2 Å². The van der Waals surface area contributed by atoms with Crippen LogP contribution in [0.3, 0.4) is 0 Å². The molecule has 0 heterocycles. The van der Waals surface area contributed by atoms with E-state index in [0.717, 1.165) is 5.56 Å². The van der Waals surface area contributed by atoms with Crippen molar-refractivity contribution in [2.75, 3.05) is 0 Å². The molecule has 0 saturated heterocycles. The lowest BCUT2D eigenvalue weighted by Gasteiger charge is -2.10. The van der Waals surface area contributed by atoms with Crippen LogP contribution in [-0.4, -0.2) is 8.42 Å². The second-order valence-corrected chi connectivity index (χ2v) is 8.24. The number of hydrogen-bond acceptors (Lipinski definition) is 4. The van der Waals surface area contributed by atoms with Crippen molar-refractivity contribution in [3.05, 3.63) is 99.9 Å². The molecule has 0 saturated carbocycles. The van der Waals surface area contributed by atoms with E-state index in [1.807, 2.05) is 12.1 Å². The minimum Gasteiger partial charge on any atom is -0.488 e. The molecule has 0 unspecified atom stereocenters. The van der Waals surface area contributed by atoms with Crippen LogP contribution in [0, 0.1) is 11.3 Å². The summed E-state index contributed by atoms with van der Waals surface area (Å²) in [5.74, 6) is 0.480. The van der Waals surface area contributed by atoms with E-state index in [9.17, 15) is 13.7 Å². The van der Waals surface area contributed by atoms with Crippen LogP contribution in [0.4, 0.5) is 0 Å². The van der Waals surface area contributed by atoms with Crippen LogP contribution < -0.4 is 4.74 Å². The smallest absolute Gasteiger partial charge is 0.216 e. The lowest BCUT2D eigenvalue weighted by Crippen LogP contribution is -2.04. The maximum absolute atomic E-state index is 12.7. The van der Waals surface area contributed by atoms with Gasteiger partial charge in [-0.3, -0.25) is 0 Å². The quantitative estimate of drug-likeness (QED) is 0.521. The molecule has 0 bridgehead atoms. The summed E-state index contributed by atoms with van der Waals surface area (Å²) in [5.41, 5.74) is 1.42. The Hall–Kier alpha value is -3.07. The molecule has 0 N–H and O–H groups in total. The Morgan fingerprint density at radius 2 is 1.61 bits per heavy atom. The molecule has 3 aromatic rings. The molecule has 0 fully saturated rings. The average molecular weight is 410 g/mol. The molecule has 0 aromatic heterocycles. The number of sulfone groups is 1. The number of hydrogen-bond donors (Lipinski definition) is 0. The number of nitrogens with zero attached hydrogens (tertiary/aromatic N) is 1. The first-order chi connectivity index (χ1) is 13.5. The van der Waals surface area contributed by atoms with Gasteiger partial charge in [0.25, 0.3) is 0 Å². The average Bonchev–Trinajstić information content (AvgIpc) is 2.72. The van der Waals surface area contributed by atoms with E-state index in [2.05, 4.69) is 0 Å². The number of ether oxygens (including phenoxy) is 1. The summed E-state index contributed by atoms with van der Waals surface area (Å²) in [7, 11) is -3.91. The Morgan fingerprint density at radius 1 is 0.964 bits per heavy atom. The van der Waals surface area contributed by atoms with E-state index in [0.29, 0.717) is 16.3 Å². The number of rotatable bonds is 6. The number of para-hydroxylation sites is 1. The number of nitriles is 1. The van der Waals surface area contributed by atoms with Gasteiger partial charge in [-0.05, 0) is 42.0 Å². The summed E-state index contributed by atoms with van der Waals surface area (Å²) in [6, 6.07) is 23.9. The Balaban J connectivity index is 1.90. The molecule has 0 atom stereocenters. The molecule has 0 spiro atoms. The van der Waals surface area contributed by atoms with Crippen molar-refractivity contribution in [1.29, 1.82) is 5.26 Å². The highest BCUT2D eigenvalue weighted by molar-refractivity contribution is 7.95. The van der Waals surface area contributed by atoms with Crippen molar-refractivity contribution >= 4 is 27.5 Å². The fourth-order valence-electron chi connectivity index (χ4n) is 2.51. The van der Waals surface area contributed by atoms with E-state index >= 15 is 0 Å². The molecule has 0 amide bonds. The predicted molar refractivity (Wildman–Crippen MR) is 109 cm³/mol. The molecule has 28 heavy (non-hydrogen) atoms. The second kappa shape index (κ2) is 8.75. The maximum atomic E-state index is 12.7. The van der Waals surface area contributed by atoms with Crippen LogP contribution in [0.1, 0.15) is 11.1 Å². The van der Waals surface area contributed by atoms with Gasteiger partial charge in [0.15, 0.2) is 0 Å². The van der Waals surface area contributed by atoms with Gasteiger partial charge in [-0.15, -0.1) is 0 Å². The third kappa shape index (κ3) is 4.61. The standard InChI is InChI=1S/C22H16ClNO3S/c23-19-12-10-17(11-13-19)16-27-22-9-5-4-6-18(22)14-21(15-24)28(25,26)20-7-2-1-3-8-20/h1-14H,16H2/b21-14+. The van der Waals surface area contributed by atoms with Gasteiger partial charge in [0, 0.05) is 10.6 Å². The van der Waals surface area contributed by atoms with Gasteiger partial charge in [-0.1, -0.05) is 60.1 Å². The van der Waals surface area contributed by atoms with E-state index in [1.54, 1.807) is 60.7 Å². The Morgan fingerprint density at radius 3 is 2.29 bits per heavy atom. The molecule has 0 aliphatic heterocycles. The highest BCUT2D eigenvalue weighted by atomic mass is 35.5. The molecule has 4 nitrogen and oxygen atoms in total.